The number of nitrogens with zero attached hydrogens (tertiary/aromatic N) is 7. The van der Waals surface area contributed by atoms with Crippen molar-refractivity contribution in [2.45, 2.75) is 44.8 Å². The molecule has 0 spiro atoms. The summed E-state index contributed by atoms with van der Waals surface area (Å²) in [5.41, 5.74) is 4.11. The van der Waals surface area contributed by atoms with Crippen molar-refractivity contribution in [2.75, 3.05) is 50.1 Å². The zero-order valence-corrected chi connectivity index (χ0v) is 28.9. The van der Waals surface area contributed by atoms with Crippen LogP contribution >= 0.6 is 0 Å². The number of aromatic nitrogens is 6. The summed E-state index contributed by atoms with van der Waals surface area (Å²) in [6, 6.07) is 17.7. The van der Waals surface area contributed by atoms with Crippen LogP contribution in [0.15, 0.2) is 67.1 Å². The number of benzene rings is 2. The van der Waals surface area contributed by atoms with E-state index >= 15 is 0 Å². The van der Waals surface area contributed by atoms with E-state index in [1.165, 1.54) is 0 Å². The molecule has 0 radical (unpaired) electrons. The number of carbonyl (C=O) groups is 2. The van der Waals surface area contributed by atoms with Gasteiger partial charge in [0.05, 0.1) is 18.2 Å². The van der Waals surface area contributed by atoms with Gasteiger partial charge < -0.3 is 19.7 Å². The molecule has 1 atom stereocenters. The maximum Gasteiger partial charge on any atom is 0.258 e. The Labute approximate surface area is 291 Å². The van der Waals surface area contributed by atoms with Crippen molar-refractivity contribution in [3.8, 4) is 28.5 Å². The first-order chi connectivity index (χ1) is 24.2. The molecule has 7 rings (SSSR count). The van der Waals surface area contributed by atoms with Gasteiger partial charge in [-0.25, -0.2) is 9.97 Å². The quantitative estimate of drug-likeness (QED) is 0.202. The first-order valence-electron chi connectivity index (χ1n) is 17.1. The second-order valence-corrected chi connectivity index (χ2v) is 13.5. The number of piperidine rings is 1. The van der Waals surface area contributed by atoms with Crippen molar-refractivity contribution in [3.63, 3.8) is 0 Å². The molecule has 2 aliphatic heterocycles. The maximum absolute atomic E-state index is 13.7. The SMILES string of the molecule is CO[C@@]1(C(=O)Nc2ccc3[nH]nc(-c4ccc(OC(C)C)nc4)c3c2)CCN(CC(=O)C2CCN(c3ccc(-c4ncn(C)n4)cc3)CC2)C1. The summed E-state index contributed by atoms with van der Waals surface area (Å²) in [7, 11) is 3.42. The van der Waals surface area contributed by atoms with E-state index in [0.29, 0.717) is 43.4 Å². The number of pyridine rings is 1. The van der Waals surface area contributed by atoms with E-state index < -0.39 is 5.60 Å². The maximum atomic E-state index is 13.7. The second kappa shape index (κ2) is 14.0. The van der Waals surface area contributed by atoms with Crippen LogP contribution in [-0.4, -0.2) is 98.1 Å². The van der Waals surface area contributed by atoms with E-state index in [2.05, 4.69) is 52.5 Å². The van der Waals surface area contributed by atoms with Crippen LogP contribution in [0.5, 0.6) is 5.88 Å². The summed E-state index contributed by atoms with van der Waals surface area (Å²) in [4.78, 5) is 40.3. The summed E-state index contributed by atoms with van der Waals surface area (Å²) >= 11 is 0. The Balaban J connectivity index is 0.936. The van der Waals surface area contributed by atoms with E-state index in [4.69, 9.17) is 9.47 Å². The van der Waals surface area contributed by atoms with Crippen LogP contribution in [0, 0.1) is 5.92 Å². The number of methoxy groups -OCH3 is 1. The summed E-state index contributed by atoms with van der Waals surface area (Å²) in [6.45, 7) is 6.83. The largest absolute Gasteiger partial charge is 0.475 e. The number of hydrogen-bond donors (Lipinski definition) is 2. The van der Waals surface area contributed by atoms with Gasteiger partial charge >= 0.3 is 0 Å². The molecule has 260 valence electrons. The molecule has 0 aliphatic carbocycles. The number of anilines is 2. The second-order valence-electron chi connectivity index (χ2n) is 13.5. The number of amides is 1. The van der Waals surface area contributed by atoms with Gasteiger partial charge in [0.25, 0.3) is 5.91 Å². The Morgan fingerprint density at radius 2 is 1.80 bits per heavy atom. The fourth-order valence-corrected chi connectivity index (χ4v) is 6.93. The van der Waals surface area contributed by atoms with Gasteiger partial charge in [-0.1, -0.05) is 0 Å². The van der Waals surface area contributed by atoms with Gasteiger partial charge in [-0.15, -0.1) is 0 Å². The lowest BCUT2D eigenvalue weighted by atomic mass is 9.92. The number of Topliss-reactive ketones (excluding diaryl/α,β-unsaturated/α-hetero) is 1. The van der Waals surface area contributed by atoms with Crippen molar-refractivity contribution in [3.05, 3.63) is 67.1 Å². The fraction of sp³-hybridized carbons (Fsp3) is 0.405. The van der Waals surface area contributed by atoms with Crippen molar-refractivity contribution in [1.29, 1.82) is 0 Å². The van der Waals surface area contributed by atoms with Crippen LogP contribution < -0.4 is 15.0 Å². The Morgan fingerprint density at radius 1 is 1.02 bits per heavy atom. The third kappa shape index (κ3) is 6.96. The van der Waals surface area contributed by atoms with Gasteiger partial charge in [-0.2, -0.15) is 10.2 Å². The number of H-pyrrole nitrogens is 1. The van der Waals surface area contributed by atoms with Gasteiger partial charge in [-0.05, 0) is 81.6 Å². The molecule has 2 aliphatic rings. The summed E-state index contributed by atoms with van der Waals surface area (Å²) in [6.07, 6.45) is 5.56. The highest BCUT2D eigenvalue weighted by Gasteiger charge is 2.45. The Hall–Kier alpha value is -5.14. The lowest BCUT2D eigenvalue weighted by Crippen LogP contribution is -2.48. The van der Waals surface area contributed by atoms with E-state index in [1.807, 2.05) is 63.4 Å². The molecular formula is C37H43N9O4. The van der Waals surface area contributed by atoms with Crippen LogP contribution in [0.4, 0.5) is 11.4 Å². The molecule has 3 aromatic heterocycles. The average molecular weight is 678 g/mol. The van der Waals surface area contributed by atoms with Crippen molar-refractivity contribution in [1.82, 2.24) is 34.8 Å². The van der Waals surface area contributed by atoms with Gasteiger partial charge in [0, 0.05) is 86.4 Å². The smallest absolute Gasteiger partial charge is 0.258 e. The number of carbonyl (C=O) groups excluding carboxylic acids is 2. The Morgan fingerprint density at radius 3 is 2.48 bits per heavy atom. The van der Waals surface area contributed by atoms with Crippen molar-refractivity contribution < 1.29 is 19.1 Å². The molecule has 5 aromatic rings. The van der Waals surface area contributed by atoms with Gasteiger partial charge in [-0.3, -0.25) is 24.3 Å². The van der Waals surface area contributed by atoms with Crippen LogP contribution in [0.2, 0.25) is 0 Å². The Kier molecular flexibility index (Phi) is 9.34. The highest BCUT2D eigenvalue weighted by molar-refractivity contribution is 6.01. The number of hydrogen-bond acceptors (Lipinski definition) is 10. The van der Waals surface area contributed by atoms with Gasteiger partial charge in [0.15, 0.2) is 11.4 Å². The van der Waals surface area contributed by atoms with Crippen LogP contribution in [0.25, 0.3) is 33.5 Å². The molecule has 50 heavy (non-hydrogen) atoms. The third-order valence-electron chi connectivity index (χ3n) is 9.72. The third-order valence-corrected chi connectivity index (χ3v) is 9.72. The Bertz CT molecular complexity index is 1960. The van der Waals surface area contributed by atoms with E-state index in [9.17, 15) is 9.59 Å². The highest BCUT2D eigenvalue weighted by Crippen LogP contribution is 2.32. The number of fused-ring (bicyclic) bond motifs is 1. The van der Waals surface area contributed by atoms with Gasteiger partial charge in [0.2, 0.25) is 5.88 Å². The summed E-state index contributed by atoms with van der Waals surface area (Å²) < 4.78 is 13.2. The van der Waals surface area contributed by atoms with E-state index in [-0.39, 0.29) is 23.7 Å². The predicted molar refractivity (Wildman–Crippen MR) is 191 cm³/mol. The van der Waals surface area contributed by atoms with Crippen LogP contribution in [0.1, 0.15) is 33.1 Å². The standard InChI is InChI=1S/C37H43N9O4/c1-24(2)50-33-12-7-27(20-38-33)34-30-19-28(8-11-31(30)41-42-34)40-36(48)37(49-4)15-18-45(22-37)21-32(47)25-13-16-46(17-14-25)29-9-5-26(6-10-29)35-39-23-44(3)43-35/h5-12,19-20,23-25H,13-18,21-22H2,1-4H3,(H,40,48)(H,41,42)/t37-/m0/s1. The van der Waals surface area contributed by atoms with Gasteiger partial charge in [0.1, 0.15) is 17.8 Å². The number of nitrogens with one attached hydrogen (secondary N) is 2. The molecule has 1 amide bonds. The topological polar surface area (TPSA) is 143 Å². The molecule has 2 aromatic carbocycles. The number of ether oxygens (including phenoxy) is 2. The molecule has 2 N–H and O–H groups in total. The fourth-order valence-electron chi connectivity index (χ4n) is 6.93. The molecule has 2 saturated heterocycles. The molecule has 5 heterocycles. The normalized spacial score (nSPS) is 18.6. The molecule has 2 fully saturated rings. The van der Waals surface area contributed by atoms with Crippen LogP contribution in [-0.2, 0) is 21.4 Å². The number of aryl methyl sites for hydroxylation is 1. The minimum absolute atomic E-state index is 0.000341. The highest BCUT2D eigenvalue weighted by atomic mass is 16.5. The minimum atomic E-state index is -1.05. The van der Waals surface area contributed by atoms with E-state index in [1.54, 1.807) is 24.3 Å². The number of ketones is 1. The monoisotopic (exact) mass is 677 g/mol. The van der Waals surface area contributed by atoms with Crippen molar-refractivity contribution in [2.24, 2.45) is 13.0 Å². The first kappa shape index (κ1) is 33.4. The molecule has 0 saturated carbocycles. The minimum Gasteiger partial charge on any atom is -0.475 e. The zero-order chi connectivity index (χ0) is 34.8. The molecular weight excluding hydrogens is 634 g/mol. The lowest BCUT2D eigenvalue weighted by molar-refractivity contribution is -0.137. The molecule has 0 unspecified atom stereocenters. The number of rotatable bonds is 11. The van der Waals surface area contributed by atoms with E-state index in [0.717, 1.165) is 59.3 Å². The molecule has 13 nitrogen and oxygen atoms in total. The lowest BCUT2D eigenvalue weighted by Gasteiger charge is -2.33. The van der Waals surface area contributed by atoms with Crippen molar-refractivity contribution >= 4 is 34.0 Å². The number of aromatic amines is 1. The summed E-state index contributed by atoms with van der Waals surface area (Å²) in [5, 5.41) is 15.9. The van der Waals surface area contributed by atoms with Crippen LogP contribution in [0.3, 0.4) is 0 Å². The molecule has 13 heteroatoms. The first-order valence-corrected chi connectivity index (χ1v) is 17.1. The zero-order valence-electron chi connectivity index (χ0n) is 28.9. The summed E-state index contributed by atoms with van der Waals surface area (Å²) in [5.74, 6) is 1.26. The number of likely N-dealkylation sites (tertiary alicyclic amines) is 1. The average Bonchev–Trinajstić information content (AvgIpc) is 3.87. The molecule has 0 bridgehead atoms. The predicted octanol–water partition coefficient (Wildman–Crippen LogP) is 4.72.